The fourth-order valence-electron chi connectivity index (χ4n) is 5.71. The lowest BCUT2D eigenvalue weighted by Crippen LogP contribution is -2.09. The molecule has 3 nitrogen and oxygen atoms in total. The van der Waals surface area contributed by atoms with Crippen LogP contribution in [0.5, 0.6) is 0 Å². The van der Waals surface area contributed by atoms with Gasteiger partial charge in [-0.1, -0.05) is 193 Å². The summed E-state index contributed by atoms with van der Waals surface area (Å²) in [4.78, 5) is 11.7. The number of unbranched alkanes of at least 4 members (excludes halogenated alkanes) is 29. The normalized spacial score (nSPS) is 11.5. The molecular weight excluding hydrogens is 516 g/mol. The van der Waals surface area contributed by atoms with Crippen LogP contribution in [0.25, 0.3) is 0 Å². The van der Waals surface area contributed by atoms with Crippen LogP contribution in [0.15, 0.2) is 12.2 Å². The number of rotatable bonds is 35. The van der Waals surface area contributed by atoms with Gasteiger partial charge in [0, 0.05) is 0 Å². The first-order chi connectivity index (χ1) is 20.8. The van der Waals surface area contributed by atoms with Gasteiger partial charge >= 0.3 is 6.16 Å². The molecule has 42 heavy (non-hydrogen) atoms. The standard InChI is InChI=1S/C39H76O3/c1-3-5-7-9-11-13-15-17-19-21-22-24-26-28-30-32-34-36-38-42-39(40)41-37-35-33-31-29-27-25-23-20-18-16-14-12-10-8-6-4-2/h21-22H,3-20,23-38H2,1-2H3/b22-21-. The van der Waals surface area contributed by atoms with Crippen LogP contribution in [0, 0.1) is 0 Å². The van der Waals surface area contributed by atoms with Gasteiger partial charge in [0.1, 0.15) is 0 Å². The van der Waals surface area contributed by atoms with Crippen molar-refractivity contribution in [3.8, 4) is 0 Å². The first kappa shape index (κ1) is 41.0. The molecule has 0 radical (unpaired) electrons. The number of hydrogen-bond donors (Lipinski definition) is 0. The quantitative estimate of drug-likeness (QED) is 0.0417. The van der Waals surface area contributed by atoms with Crippen molar-refractivity contribution >= 4 is 6.16 Å². The van der Waals surface area contributed by atoms with Crippen molar-refractivity contribution in [2.24, 2.45) is 0 Å². The molecule has 0 aromatic heterocycles. The molecule has 0 aliphatic rings. The number of ether oxygens (including phenoxy) is 2. The molecule has 0 bridgehead atoms. The zero-order valence-corrected chi connectivity index (χ0v) is 28.9. The Labute approximate surface area is 264 Å². The van der Waals surface area contributed by atoms with Crippen LogP contribution in [0.4, 0.5) is 4.79 Å². The maximum Gasteiger partial charge on any atom is 0.508 e. The highest BCUT2D eigenvalue weighted by atomic mass is 16.7. The van der Waals surface area contributed by atoms with E-state index < -0.39 is 6.16 Å². The van der Waals surface area contributed by atoms with E-state index in [2.05, 4.69) is 26.0 Å². The van der Waals surface area contributed by atoms with E-state index in [1.54, 1.807) is 0 Å². The molecular formula is C39H76O3. The fraction of sp³-hybridized carbons (Fsp3) is 0.923. The van der Waals surface area contributed by atoms with E-state index in [0.29, 0.717) is 13.2 Å². The van der Waals surface area contributed by atoms with Gasteiger partial charge in [-0.25, -0.2) is 4.79 Å². The van der Waals surface area contributed by atoms with E-state index in [1.165, 1.54) is 180 Å². The van der Waals surface area contributed by atoms with Crippen LogP contribution in [0.2, 0.25) is 0 Å². The predicted octanol–water partition coefficient (Wildman–Crippen LogP) is 14.2. The molecule has 0 aromatic carbocycles. The molecule has 0 saturated heterocycles. The molecule has 0 aliphatic carbocycles. The molecule has 3 heteroatoms. The Kier molecular flexibility index (Phi) is 37.1. The van der Waals surface area contributed by atoms with E-state index >= 15 is 0 Å². The predicted molar refractivity (Wildman–Crippen MR) is 186 cm³/mol. The van der Waals surface area contributed by atoms with Gasteiger partial charge in [-0.2, -0.15) is 0 Å². The Hall–Kier alpha value is -0.990. The lowest BCUT2D eigenvalue weighted by molar-refractivity contribution is 0.0529. The van der Waals surface area contributed by atoms with Gasteiger partial charge in [-0.05, 0) is 38.5 Å². The van der Waals surface area contributed by atoms with Crippen LogP contribution in [0.1, 0.15) is 219 Å². The van der Waals surface area contributed by atoms with Crippen LogP contribution >= 0.6 is 0 Å². The third-order valence-electron chi connectivity index (χ3n) is 8.59. The lowest BCUT2D eigenvalue weighted by Gasteiger charge is -2.06. The molecule has 0 unspecified atom stereocenters. The van der Waals surface area contributed by atoms with Crippen molar-refractivity contribution in [2.45, 2.75) is 219 Å². The van der Waals surface area contributed by atoms with Crippen molar-refractivity contribution in [3.05, 3.63) is 12.2 Å². The topological polar surface area (TPSA) is 35.5 Å². The van der Waals surface area contributed by atoms with E-state index in [-0.39, 0.29) is 0 Å². The van der Waals surface area contributed by atoms with Gasteiger partial charge in [0.25, 0.3) is 0 Å². The molecule has 250 valence electrons. The summed E-state index contributed by atoms with van der Waals surface area (Å²) < 4.78 is 10.5. The average Bonchev–Trinajstić information content (AvgIpc) is 3.00. The molecule has 0 heterocycles. The van der Waals surface area contributed by atoms with E-state index in [0.717, 1.165) is 25.7 Å². The maximum absolute atomic E-state index is 11.7. The van der Waals surface area contributed by atoms with Crippen molar-refractivity contribution in [3.63, 3.8) is 0 Å². The molecule has 0 aliphatic heterocycles. The second-order valence-electron chi connectivity index (χ2n) is 12.9. The van der Waals surface area contributed by atoms with Gasteiger partial charge in [0.05, 0.1) is 13.2 Å². The molecule has 0 saturated carbocycles. The number of carbonyl (C=O) groups excluding carboxylic acids is 1. The van der Waals surface area contributed by atoms with Crippen LogP contribution in [-0.2, 0) is 9.47 Å². The van der Waals surface area contributed by atoms with Gasteiger partial charge < -0.3 is 9.47 Å². The Morgan fingerprint density at radius 2 is 0.595 bits per heavy atom. The Balaban J connectivity index is 3.18. The summed E-state index contributed by atoms with van der Waals surface area (Å²) in [5.74, 6) is 0. The summed E-state index contributed by atoms with van der Waals surface area (Å²) in [5.41, 5.74) is 0. The fourth-order valence-corrected chi connectivity index (χ4v) is 5.71. The Morgan fingerprint density at radius 3 is 0.881 bits per heavy atom. The second kappa shape index (κ2) is 38.0. The molecule has 0 aromatic rings. The maximum atomic E-state index is 11.7. The van der Waals surface area contributed by atoms with Crippen LogP contribution in [-0.4, -0.2) is 19.4 Å². The SMILES string of the molecule is CCCCCCCCCC/C=C\CCCCCCCCOC(=O)OCCCCCCCCCCCCCCCCCC. The Bertz CT molecular complexity index is 530. The minimum atomic E-state index is -0.477. The van der Waals surface area contributed by atoms with Gasteiger partial charge in [-0.15, -0.1) is 0 Å². The summed E-state index contributed by atoms with van der Waals surface area (Å²) in [7, 11) is 0. The van der Waals surface area contributed by atoms with E-state index in [9.17, 15) is 4.79 Å². The minimum Gasteiger partial charge on any atom is -0.434 e. The lowest BCUT2D eigenvalue weighted by atomic mass is 10.0. The first-order valence-corrected chi connectivity index (χ1v) is 19.3. The van der Waals surface area contributed by atoms with Crippen LogP contribution in [0.3, 0.4) is 0 Å². The minimum absolute atomic E-state index is 0.477. The Morgan fingerprint density at radius 1 is 0.357 bits per heavy atom. The van der Waals surface area contributed by atoms with Gasteiger partial charge in [0.2, 0.25) is 0 Å². The van der Waals surface area contributed by atoms with E-state index in [4.69, 9.17) is 9.47 Å². The van der Waals surface area contributed by atoms with Gasteiger partial charge in [0.15, 0.2) is 0 Å². The van der Waals surface area contributed by atoms with Crippen molar-refractivity contribution < 1.29 is 14.3 Å². The van der Waals surface area contributed by atoms with Gasteiger partial charge in [-0.3, -0.25) is 0 Å². The largest absolute Gasteiger partial charge is 0.508 e. The third-order valence-corrected chi connectivity index (χ3v) is 8.59. The highest BCUT2D eigenvalue weighted by Crippen LogP contribution is 2.14. The summed E-state index contributed by atoms with van der Waals surface area (Å²) in [6.45, 7) is 5.58. The molecule has 0 amide bonds. The molecule has 0 rings (SSSR count). The summed E-state index contributed by atoms with van der Waals surface area (Å²) in [6, 6.07) is 0. The van der Waals surface area contributed by atoms with Crippen LogP contribution < -0.4 is 0 Å². The third kappa shape index (κ3) is 37.0. The van der Waals surface area contributed by atoms with Crippen molar-refractivity contribution in [1.29, 1.82) is 0 Å². The second-order valence-corrected chi connectivity index (χ2v) is 12.9. The molecule has 0 spiro atoms. The molecule has 0 fully saturated rings. The number of carbonyl (C=O) groups is 1. The van der Waals surface area contributed by atoms with Crippen molar-refractivity contribution in [1.82, 2.24) is 0 Å². The summed E-state index contributed by atoms with van der Waals surface area (Å²) >= 11 is 0. The first-order valence-electron chi connectivity index (χ1n) is 19.3. The summed E-state index contributed by atoms with van der Waals surface area (Å²) in [6.07, 6.45) is 46.9. The summed E-state index contributed by atoms with van der Waals surface area (Å²) in [5, 5.41) is 0. The smallest absolute Gasteiger partial charge is 0.434 e. The zero-order chi connectivity index (χ0) is 30.4. The average molecular weight is 593 g/mol. The highest BCUT2D eigenvalue weighted by molar-refractivity contribution is 5.59. The highest BCUT2D eigenvalue weighted by Gasteiger charge is 2.03. The van der Waals surface area contributed by atoms with Crippen molar-refractivity contribution in [2.75, 3.05) is 13.2 Å². The number of allylic oxidation sites excluding steroid dienone is 2. The monoisotopic (exact) mass is 593 g/mol. The zero-order valence-electron chi connectivity index (χ0n) is 28.9. The van der Waals surface area contributed by atoms with E-state index in [1.807, 2.05) is 0 Å². The molecule has 0 N–H and O–H groups in total. The number of hydrogen-bond acceptors (Lipinski definition) is 3. The molecule has 0 atom stereocenters.